The third-order valence-electron chi connectivity index (χ3n) is 3.84. The summed E-state index contributed by atoms with van der Waals surface area (Å²) in [5, 5.41) is 11.8. The van der Waals surface area contributed by atoms with E-state index in [9.17, 15) is 4.79 Å². The molecule has 1 aromatic carbocycles. The Hall–Kier alpha value is -1.35. The van der Waals surface area contributed by atoms with Gasteiger partial charge in [-0.3, -0.25) is 4.79 Å². The van der Waals surface area contributed by atoms with Crippen molar-refractivity contribution in [3.8, 4) is 0 Å². The fourth-order valence-corrected chi connectivity index (χ4v) is 2.57. The number of rotatable bonds is 5. The summed E-state index contributed by atoms with van der Waals surface area (Å²) in [6, 6.07) is 6.07. The molecule has 2 N–H and O–H groups in total. The van der Waals surface area contributed by atoms with Crippen molar-refractivity contribution >= 4 is 5.91 Å². The lowest BCUT2D eigenvalue weighted by Crippen LogP contribution is -2.28. The Morgan fingerprint density at radius 3 is 2.79 bits per heavy atom. The highest BCUT2D eigenvalue weighted by molar-refractivity contribution is 5.94. The fraction of sp³-hybridized carbons (Fsp3) is 0.562. The molecule has 3 nitrogen and oxygen atoms in total. The number of nitrogens with one attached hydrogen (secondary N) is 1. The molecular formula is C16H23NO2. The zero-order valence-corrected chi connectivity index (χ0v) is 11.6. The number of carbonyl (C=O) groups excluding carboxylic acids is 1. The average Bonchev–Trinajstić information content (AvgIpc) is 2.44. The van der Waals surface area contributed by atoms with Crippen molar-refractivity contribution < 1.29 is 9.90 Å². The Kier molecular flexibility index (Phi) is 4.97. The average molecular weight is 261 g/mol. The van der Waals surface area contributed by atoms with Gasteiger partial charge < -0.3 is 10.4 Å². The number of aliphatic hydroxyl groups excluding tert-OH is 1. The number of hydrogen-bond acceptors (Lipinski definition) is 2. The minimum absolute atomic E-state index is 0.00170. The lowest BCUT2D eigenvalue weighted by Gasteiger charge is -2.17. The molecule has 1 aromatic rings. The summed E-state index contributed by atoms with van der Waals surface area (Å²) >= 11 is 0. The van der Waals surface area contributed by atoms with E-state index in [-0.39, 0.29) is 12.5 Å². The van der Waals surface area contributed by atoms with Crippen LogP contribution in [0.2, 0.25) is 0 Å². The van der Waals surface area contributed by atoms with Gasteiger partial charge >= 0.3 is 0 Å². The summed E-state index contributed by atoms with van der Waals surface area (Å²) in [6.45, 7) is 2.83. The van der Waals surface area contributed by atoms with Gasteiger partial charge in [-0.2, -0.15) is 0 Å². The van der Waals surface area contributed by atoms with Crippen molar-refractivity contribution in [2.24, 2.45) is 5.92 Å². The number of carbonyl (C=O) groups is 1. The third-order valence-corrected chi connectivity index (χ3v) is 3.84. The molecule has 0 fully saturated rings. The molecule has 1 aliphatic rings. The van der Waals surface area contributed by atoms with Crippen LogP contribution in [0.3, 0.4) is 0 Å². The van der Waals surface area contributed by atoms with Gasteiger partial charge in [-0.25, -0.2) is 0 Å². The predicted molar refractivity (Wildman–Crippen MR) is 76.3 cm³/mol. The van der Waals surface area contributed by atoms with E-state index in [0.717, 1.165) is 24.8 Å². The van der Waals surface area contributed by atoms with Crippen molar-refractivity contribution in [3.05, 3.63) is 34.9 Å². The van der Waals surface area contributed by atoms with Gasteiger partial charge in [0.05, 0.1) is 0 Å². The van der Waals surface area contributed by atoms with Gasteiger partial charge in [0.25, 0.3) is 5.91 Å². The summed E-state index contributed by atoms with van der Waals surface area (Å²) < 4.78 is 0. The molecule has 0 heterocycles. The molecule has 2 rings (SSSR count). The van der Waals surface area contributed by atoms with Crippen molar-refractivity contribution in [2.75, 3.05) is 13.2 Å². The zero-order valence-electron chi connectivity index (χ0n) is 11.6. The van der Waals surface area contributed by atoms with E-state index in [2.05, 4.69) is 11.4 Å². The van der Waals surface area contributed by atoms with Crippen LogP contribution in [0.15, 0.2) is 18.2 Å². The molecular weight excluding hydrogens is 238 g/mol. The smallest absolute Gasteiger partial charge is 0.251 e. The van der Waals surface area contributed by atoms with E-state index in [1.807, 2.05) is 19.1 Å². The fourth-order valence-electron chi connectivity index (χ4n) is 2.57. The molecule has 0 saturated carbocycles. The Morgan fingerprint density at radius 2 is 2.05 bits per heavy atom. The zero-order chi connectivity index (χ0) is 13.7. The third kappa shape index (κ3) is 3.80. The van der Waals surface area contributed by atoms with Crippen LogP contribution in [0.1, 0.15) is 47.7 Å². The highest BCUT2D eigenvalue weighted by atomic mass is 16.3. The van der Waals surface area contributed by atoms with Crippen molar-refractivity contribution in [1.82, 2.24) is 5.32 Å². The van der Waals surface area contributed by atoms with Gasteiger partial charge in [0.15, 0.2) is 0 Å². The Morgan fingerprint density at radius 1 is 1.32 bits per heavy atom. The number of aliphatic hydroxyl groups is 1. The standard InChI is InChI=1S/C16H23NO2/c1-12(8-9-18)11-17-16(19)15-7-6-13-4-2-3-5-14(13)10-15/h6-7,10,12,18H,2-5,8-9,11H2,1H3,(H,17,19). The molecule has 1 atom stereocenters. The van der Waals surface area contributed by atoms with Gasteiger partial charge in [-0.1, -0.05) is 13.0 Å². The summed E-state index contributed by atoms with van der Waals surface area (Å²) in [6.07, 6.45) is 5.45. The first-order valence-electron chi connectivity index (χ1n) is 7.21. The number of aryl methyl sites for hydroxylation is 2. The van der Waals surface area contributed by atoms with E-state index in [4.69, 9.17) is 5.11 Å². The van der Waals surface area contributed by atoms with E-state index >= 15 is 0 Å². The first-order chi connectivity index (χ1) is 9.20. The number of hydrogen-bond donors (Lipinski definition) is 2. The predicted octanol–water partition coefficient (Wildman–Crippen LogP) is 2.31. The van der Waals surface area contributed by atoms with Crippen LogP contribution in [-0.4, -0.2) is 24.2 Å². The largest absolute Gasteiger partial charge is 0.396 e. The van der Waals surface area contributed by atoms with Crippen LogP contribution in [-0.2, 0) is 12.8 Å². The minimum atomic E-state index is -0.00170. The van der Waals surface area contributed by atoms with Gasteiger partial charge in [-0.05, 0) is 61.3 Å². The molecule has 0 bridgehead atoms. The first kappa shape index (κ1) is 14.1. The number of amides is 1. The Labute approximate surface area is 115 Å². The molecule has 1 unspecified atom stereocenters. The highest BCUT2D eigenvalue weighted by Gasteiger charge is 2.13. The van der Waals surface area contributed by atoms with Gasteiger partial charge in [0.2, 0.25) is 0 Å². The second-order valence-corrected chi connectivity index (χ2v) is 5.52. The summed E-state index contributed by atoms with van der Waals surface area (Å²) in [7, 11) is 0. The normalized spacial score (nSPS) is 15.7. The molecule has 3 heteroatoms. The van der Waals surface area contributed by atoms with Crippen LogP contribution < -0.4 is 5.32 Å². The van der Waals surface area contributed by atoms with Gasteiger partial charge in [-0.15, -0.1) is 0 Å². The van der Waals surface area contributed by atoms with E-state index in [1.165, 1.54) is 24.0 Å². The number of fused-ring (bicyclic) bond motifs is 1. The lowest BCUT2D eigenvalue weighted by molar-refractivity contribution is 0.0945. The summed E-state index contributed by atoms with van der Waals surface area (Å²) in [5.41, 5.74) is 3.50. The SMILES string of the molecule is CC(CCO)CNC(=O)c1ccc2c(c1)CCCC2. The molecule has 19 heavy (non-hydrogen) atoms. The van der Waals surface area contributed by atoms with E-state index in [0.29, 0.717) is 12.5 Å². The quantitative estimate of drug-likeness (QED) is 0.854. The summed E-state index contributed by atoms with van der Waals surface area (Å²) in [5.74, 6) is 0.310. The minimum Gasteiger partial charge on any atom is -0.396 e. The molecule has 104 valence electrons. The van der Waals surface area contributed by atoms with Crippen molar-refractivity contribution in [1.29, 1.82) is 0 Å². The molecule has 0 aromatic heterocycles. The second kappa shape index (κ2) is 6.71. The van der Waals surface area contributed by atoms with Crippen LogP contribution in [0.25, 0.3) is 0 Å². The first-order valence-corrected chi connectivity index (χ1v) is 7.21. The van der Waals surface area contributed by atoms with E-state index < -0.39 is 0 Å². The topological polar surface area (TPSA) is 49.3 Å². The molecule has 0 saturated heterocycles. The molecule has 0 aliphatic heterocycles. The maximum Gasteiger partial charge on any atom is 0.251 e. The Bertz CT molecular complexity index is 442. The molecule has 0 spiro atoms. The molecule has 0 radical (unpaired) electrons. The summed E-state index contributed by atoms with van der Waals surface area (Å²) in [4.78, 5) is 12.1. The van der Waals surface area contributed by atoms with E-state index in [1.54, 1.807) is 0 Å². The van der Waals surface area contributed by atoms with Crippen LogP contribution in [0, 0.1) is 5.92 Å². The van der Waals surface area contributed by atoms with Crippen LogP contribution >= 0.6 is 0 Å². The molecule has 1 amide bonds. The highest BCUT2D eigenvalue weighted by Crippen LogP contribution is 2.22. The second-order valence-electron chi connectivity index (χ2n) is 5.52. The lowest BCUT2D eigenvalue weighted by atomic mass is 9.90. The Balaban J connectivity index is 1.95. The van der Waals surface area contributed by atoms with Crippen molar-refractivity contribution in [2.45, 2.75) is 39.0 Å². The van der Waals surface area contributed by atoms with Gasteiger partial charge in [0.1, 0.15) is 0 Å². The van der Waals surface area contributed by atoms with Crippen molar-refractivity contribution in [3.63, 3.8) is 0 Å². The maximum atomic E-state index is 12.1. The van der Waals surface area contributed by atoms with Crippen LogP contribution in [0.4, 0.5) is 0 Å². The molecule has 1 aliphatic carbocycles. The van der Waals surface area contributed by atoms with Crippen LogP contribution in [0.5, 0.6) is 0 Å². The monoisotopic (exact) mass is 261 g/mol. The maximum absolute atomic E-state index is 12.1. The number of benzene rings is 1. The van der Waals surface area contributed by atoms with Gasteiger partial charge in [0, 0.05) is 18.7 Å².